The molecule has 11 heteroatoms. The predicted molar refractivity (Wildman–Crippen MR) is 129 cm³/mol. The van der Waals surface area contributed by atoms with Crippen LogP contribution in [-0.2, 0) is 17.9 Å². The van der Waals surface area contributed by atoms with E-state index >= 15 is 0 Å². The van der Waals surface area contributed by atoms with Crippen LogP contribution in [0.25, 0.3) is 11.2 Å². The first-order valence-electron chi connectivity index (χ1n) is 10.7. The molecule has 174 valence electrons. The number of hydrogen-bond donors (Lipinski definition) is 2. The van der Waals surface area contributed by atoms with Gasteiger partial charge in [0.2, 0.25) is 5.95 Å². The second kappa shape index (κ2) is 10.4. The smallest absolute Gasteiger partial charge is 0.313 e. The van der Waals surface area contributed by atoms with Crippen LogP contribution in [0, 0.1) is 23.2 Å². The number of thioether (sulfide) groups is 1. The number of nitrogens with zero attached hydrogens (tertiary/aromatic N) is 6. The number of rotatable bonds is 7. The molecule has 1 aliphatic rings. The summed E-state index contributed by atoms with van der Waals surface area (Å²) in [4.78, 5) is 36.4. The average Bonchev–Trinajstić information content (AvgIpc) is 3.22. The summed E-state index contributed by atoms with van der Waals surface area (Å²) < 4.78 is 3.20. The van der Waals surface area contributed by atoms with Crippen molar-refractivity contribution in [2.75, 3.05) is 36.8 Å². The zero-order valence-electron chi connectivity index (χ0n) is 18.6. The molecule has 0 saturated carbocycles. The van der Waals surface area contributed by atoms with Gasteiger partial charge in [0, 0.05) is 26.2 Å². The Balaban J connectivity index is 1.92. The Kier molecular flexibility index (Phi) is 7.16. The van der Waals surface area contributed by atoms with Crippen LogP contribution in [-0.4, -0.2) is 62.1 Å². The zero-order chi connectivity index (χ0) is 24.1. The number of hydrogen-bond acceptors (Lipinski definition) is 8. The number of nitriles is 1. The van der Waals surface area contributed by atoms with Crippen LogP contribution in [0.2, 0.25) is 0 Å². The second-order valence-electron chi connectivity index (χ2n) is 7.57. The Morgan fingerprint density at radius 2 is 2.00 bits per heavy atom. The van der Waals surface area contributed by atoms with E-state index in [2.05, 4.69) is 38.1 Å². The van der Waals surface area contributed by atoms with Gasteiger partial charge in [0.15, 0.2) is 16.3 Å². The standard InChI is InChI=1S/C23H23N7O3S/c1-2-3-10-29-19-20(26-22(29)28-11-8-25-9-12-28)27-23(34-15-18(31)32)30(21(19)33)14-17-7-5-4-6-16(17)13-24/h4-7,25H,8-12,14-15H2,1H3,(H,31,32). The third kappa shape index (κ3) is 4.76. The Labute approximate surface area is 200 Å². The maximum atomic E-state index is 13.8. The molecule has 2 aromatic heterocycles. The van der Waals surface area contributed by atoms with Crippen molar-refractivity contribution >= 4 is 34.8 Å². The van der Waals surface area contributed by atoms with Gasteiger partial charge in [0.05, 0.1) is 30.5 Å². The van der Waals surface area contributed by atoms with Crippen LogP contribution in [0.3, 0.4) is 0 Å². The summed E-state index contributed by atoms with van der Waals surface area (Å²) in [6, 6.07) is 9.14. The van der Waals surface area contributed by atoms with Crippen LogP contribution < -0.4 is 15.8 Å². The third-order valence-electron chi connectivity index (χ3n) is 5.41. The first-order chi connectivity index (χ1) is 16.5. The molecular weight excluding hydrogens is 454 g/mol. The first kappa shape index (κ1) is 23.4. The summed E-state index contributed by atoms with van der Waals surface area (Å²) in [5, 5.41) is 22.2. The lowest BCUT2D eigenvalue weighted by Gasteiger charge is -2.28. The van der Waals surface area contributed by atoms with Gasteiger partial charge in [0.25, 0.3) is 5.56 Å². The van der Waals surface area contributed by atoms with Crippen molar-refractivity contribution in [3.63, 3.8) is 0 Å². The summed E-state index contributed by atoms with van der Waals surface area (Å²) in [7, 11) is 0. The van der Waals surface area contributed by atoms with E-state index in [1.807, 2.05) is 0 Å². The van der Waals surface area contributed by atoms with E-state index in [1.54, 1.807) is 35.8 Å². The van der Waals surface area contributed by atoms with Gasteiger partial charge in [-0.05, 0) is 18.6 Å². The van der Waals surface area contributed by atoms with Crippen molar-refractivity contribution in [2.45, 2.75) is 25.2 Å². The van der Waals surface area contributed by atoms with E-state index in [0.29, 0.717) is 22.6 Å². The third-order valence-corrected chi connectivity index (χ3v) is 6.38. The number of carboxylic acid groups (broad SMARTS) is 1. The van der Waals surface area contributed by atoms with Gasteiger partial charge < -0.3 is 15.3 Å². The maximum Gasteiger partial charge on any atom is 0.313 e. The monoisotopic (exact) mass is 477 g/mol. The van der Waals surface area contributed by atoms with Crippen molar-refractivity contribution in [3.8, 4) is 17.9 Å². The van der Waals surface area contributed by atoms with Gasteiger partial charge in [-0.2, -0.15) is 10.2 Å². The van der Waals surface area contributed by atoms with Gasteiger partial charge in [-0.3, -0.25) is 18.7 Å². The molecule has 0 radical (unpaired) electrons. The maximum absolute atomic E-state index is 13.8. The van der Waals surface area contributed by atoms with E-state index in [-0.39, 0.29) is 35.2 Å². The average molecular weight is 478 g/mol. The van der Waals surface area contributed by atoms with Crippen molar-refractivity contribution in [1.82, 2.24) is 24.4 Å². The number of fused-ring (bicyclic) bond motifs is 1. The molecule has 0 aliphatic carbocycles. The Morgan fingerprint density at radius 3 is 2.71 bits per heavy atom. The zero-order valence-corrected chi connectivity index (χ0v) is 19.4. The van der Waals surface area contributed by atoms with Gasteiger partial charge in [-0.25, -0.2) is 4.98 Å². The fourth-order valence-corrected chi connectivity index (χ4v) is 4.52. The van der Waals surface area contributed by atoms with Crippen molar-refractivity contribution < 1.29 is 9.90 Å². The number of carboxylic acids is 1. The Morgan fingerprint density at radius 1 is 1.24 bits per heavy atom. The molecular formula is C23H23N7O3S. The number of imidazole rings is 1. The largest absolute Gasteiger partial charge is 0.481 e. The highest BCUT2D eigenvalue weighted by Gasteiger charge is 2.24. The normalized spacial score (nSPS) is 13.4. The van der Waals surface area contributed by atoms with Gasteiger partial charge in [0.1, 0.15) is 0 Å². The molecule has 1 fully saturated rings. The SMILES string of the molecule is CC#CCn1c(N2CCNCC2)nc2nc(SCC(=O)O)n(Cc3ccccc3C#N)c(=O)c21. The quantitative estimate of drug-likeness (QED) is 0.292. The molecule has 0 spiro atoms. The molecule has 1 aliphatic heterocycles. The molecule has 3 aromatic rings. The highest BCUT2D eigenvalue weighted by molar-refractivity contribution is 7.99. The topological polar surface area (TPSA) is 129 Å². The number of benzene rings is 1. The lowest BCUT2D eigenvalue weighted by atomic mass is 10.1. The summed E-state index contributed by atoms with van der Waals surface area (Å²) >= 11 is 0.954. The molecule has 34 heavy (non-hydrogen) atoms. The minimum Gasteiger partial charge on any atom is -0.481 e. The Hall–Kier alpha value is -3.80. The number of carbonyl (C=O) groups is 1. The van der Waals surface area contributed by atoms with E-state index in [0.717, 1.165) is 37.9 Å². The van der Waals surface area contributed by atoms with Crippen LogP contribution in [0.15, 0.2) is 34.2 Å². The lowest BCUT2D eigenvalue weighted by Crippen LogP contribution is -2.44. The summed E-state index contributed by atoms with van der Waals surface area (Å²) in [5.74, 6) is 5.23. The van der Waals surface area contributed by atoms with Crippen molar-refractivity contribution in [3.05, 3.63) is 45.7 Å². The van der Waals surface area contributed by atoms with Crippen molar-refractivity contribution in [1.29, 1.82) is 5.26 Å². The molecule has 0 unspecified atom stereocenters. The summed E-state index contributed by atoms with van der Waals surface area (Å²) in [6.07, 6.45) is 0. The second-order valence-corrected chi connectivity index (χ2v) is 8.51. The van der Waals surface area contributed by atoms with E-state index in [9.17, 15) is 20.0 Å². The number of aromatic nitrogens is 4. The number of aliphatic carboxylic acids is 1. The predicted octanol–water partition coefficient (Wildman–Crippen LogP) is 1.12. The molecule has 1 aromatic carbocycles. The van der Waals surface area contributed by atoms with E-state index < -0.39 is 5.97 Å². The molecule has 1 saturated heterocycles. The fourth-order valence-electron chi connectivity index (χ4n) is 3.81. The molecule has 10 nitrogen and oxygen atoms in total. The Bertz CT molecular complexity index is 1390. The minimum absolute atomic E-state index is 0.0844. The molecule has 0 atom stereocenters. The van der Waals surface area contributed by atoms with Crippen LogP contribution in [0.5, 0.6) is 0 Å². The fraction of sp³-hybridized carbons (Fsp3) is 0.348. The molecule has 4 rings (SSSR count). The molecule has 0 amide bonds. The molecule has 0 bridgehead atoms. The highest BCUT2D eigenvalue weighted by Crippen LogP contribution is 2.24. The van der Waals surface area contributed by atoms with Gasteiger partial charge in [-0.15, -0.1) is 5.92 Å². The van der Waals surface area contributed by atoms with E-state index in [4.69, 9.17) is 0 Å². The summed E-state index contributed by atoms with van der Waals surface area (Å²) in [5.41, 5.74) is 1.31. The highest BCUT2D eigenvalue weighted by atomic mass is 32.2. The number of anilines is 1. The van der Waals surface area contributed by atoms with Gasteiger partial charge >= 0.3 is 5.97 Å². The number of piperazine rings is 1. The van der Waals surface area contributed by atoms with Gasteiger partial charge in [-0.1, -0.05) is 35.9 Å². The van der Waals surface area contributed by atoms with E-state index in [1.165, 1.54) is 4.57 Å². The van der Waals surface area contributed by atoms with Crippen LogP contribution >= 0.6 is 11.8 Å². The summed E-state index contributed by atoms with van der Waals surface area (Å²) in [6.45, 7) is 5.15. The molecule has 3 heterocycles. The van der Waals surface area contributed by atoms with Crippen molar-refractivity contribution in [2.24, 2.45) is 0 Å². The van der Waals surface area contributed by atoms with Crippen LogP contribution in [0.4, 0.5) is 5.95 Å². The molecule has 2 N–H and O–H groups in total. The first-order valence-corrected chi connectivity index (χ1v) is 11.7. The minimum atomic E-state index is -1.02. The number of nitrogens with one attached hydrogen (secondary N) is 1. The van der Waals surface area contributed by atoms with Crippen LogP contribution in [0.1, 0.15) is 18.1 Å². The lowest BCUT2D eigenvalue weighted by molar-refractivity contribution is -0.133.